The second-order valence-electron chi connectivity index (χ2n) is 11.3. The van der Waals surface area contributed by atoms with E-state index in [0.717, 1.165) is 50.2 Å². The van der Waals surface area contributed by atoms with Gasteiger partial charge in [0.15, 0.2) is 9.84 Å². The molecule has 3 fully saturated rings. The fourth-order valence-electron chi connectivity index (χ4n) is 7.44. The lowest BCUT2D eigenvalue weighted by Crippen LogP contribution is -2.47. The lowest BCUT2D eigenvalue weighted by Gasteiger charge is -2.44. The fourth-order valence-corrected chi connectivity index (χ4v) is 8.10. The van der Waals surface area contributed by atoms with Gasteiger partial charge in [0.25, 0.3) is 0 Å². The summed E-state index contributed by atoms with van der Waals surface area (Å²) in [6.45, 7) is 5.23. The number of benzene rings is 2. The van der Waals surface area contributed by atoms with Crippen LogP contribution in [-0.2, 0) is 15.3 Å². The SMILES string of the molecule is Cc1nc2ccccc2n1C1C[C@H]2CC[C@@H](C1)N2CCC1(c2cccc(S(C)(=O)=O)c2)CCNCC1. The maximum absolute atomic E-state index is 12.3. The molecule has 192 valence electrons. The van der Waals surface area contributed by atoms with Crippen molar-refractivity contribution in [2.45, 2.75) is 80.3 Å². The number of para-hydroxylation sites is 2. The van der Waals surface area contributed by atoms with Crippen LogP contribution in [0.3, 0.4) is 0 Å². The highest BCUT2D eigenvalue weighted by atomic mass is 32.2. The van der Waals surface area contributed by atoms with Crippen molar-refractivity contribution in [3.8, 4) is 0 Å². The highest BCUT2D eigenvalue weighted by Gasteiger charge is 2.43. The monoisotopic (exact) mass is 506 g/mol. The van der Waals surface area contributed by atoms with Crippen LogP contribution in [0.4, 0.5) is 0 Å². The van der Waals surface area contributed by atoms with Crippen molar-refractivity contribution in [2.24, 2.45) is 0 Å². The molecule has 36 heavy (non-hydrogen) atoms. The van der Waals surface area contributed by atoms with Crippen molar-refractivity contribution in [3.05, 3.63) is 59.9 Å². The molecule has 3 aromatic rings. The third-order valence-electron chi connectivity index (χ3n) is 9.28. The maximum Gasteiger partial charge on any atom is 0.175 e. The summed E-state index contributed by atoms with van der Waals surface area (Å²) in [5.41, 5.74) is 3.62. The molecule has 3 atom stereocenters. The molecule has 0 saturated carbocycles. The van der Waals surface area contributed by atoms with Crippen LogP contribution in [-0.4, -0.2) is 60.8 Å². The summed E-state index contributed by atoms with van der Waals surface area (Å²) < 4.78 is 27.1. The summed E-state index contributed by atoms with van der Waals surface area (Å²) in [7, 11) is -3.21. The van der Waals surface area contributed by atoms with E-state index < -0.39 is 9.84 Å². The minimum atomic E-state index is -3.21. The average Bonchev–Trinajstić information content (AvgIpc) is 3.33. The number of piperidine rings is 2. The van der Waals surface area contributed by atoms with Crippen molar-refractivity contribution in [1.29, 1.82) is 0 Å². The summed E-state index contributed by atoms with van der Waals surface area (Å²) in [6, 6.07) is 18.1. The zero-order chi connectivity index (χ0) is 24.9. The number of hydrogen-bond donors (Lipinski definition) is 1. The zero-order valence-electron chi connectivity index (χ0n) is 21.5. The van der Waals surface area contributed by atoms with E-state index in [0.29, 0.717) is 23.0 Å². The van der Waals surface area contributed by atoms with Gasteiger partial charge in [-0.15, -0.1) is 0 Å². The molecule has 2 bridgehead atoms. The van der Waals surface area contributed by atoms with E-state index in [1.807, 2.05) is 12.1 Å². The number of fused-ring (bicyclic) bond motifs is 3. The van der Waals surface area contributed by atoms with Crippen LogP contribution in [0.1, 0.15) is 62.4 Å². The molecule has 1 aromatic heterocycles. The second kappa shape index (κ2) is 9.26. The number of imidazole rings is 1. The Morgan fingerprint density at radius 1 is 1.00 bits per heavy atom. The Kier molecular flexibility index (Phi) is 6.21. The summed E-state index contributed by atoms with van der Waals surface area (Å²) in [4.78, 5) is 8.09. The van der Waals surface area contributed by atoms with Crippen LogP contribution in [0.15, 0.2) is 53.4 Å². The quantitative estimate of drug-likeness (QED) is 0.528. The number of hydrogen-bond acceptors (Lipinski definition) is 5. The van der Waals surface area contributed by atoms with Gasteiger partial charge >= 0.3 is 0 Å². The molecule has 3 saturated heterocycles. The van der Waals surface area contributed by atoms with Crippen molar-refractivity contribution >= 4 is 20.9 Å². The number of sulfone groups is 1. The van der Waals surface area contributed by atoms with Crippen molar-refractivity contribution in [2.75, 3.05) is 25.9 Å². The Labute approximate surface area is 215 Å². The van der Waals surface area contributed by atoms with Gasteiger partial charge in [-0.1, -0.05) is 24.3 Å². The molecule has 0 radical (unpaired) electrons. The van der Waals surface area contributed by atoms with E-state index in [2.05, 4.69) is 52.0 Å². The molecule has 3 aliphatic rings. The highest BCUT2D eigenvalue weighted by Crippen LogP contribution is 2.44. The van der Waals surface area contributed by atoms with Gasteiger partial charge in [0.2, 0.25) is 0 Å². The Morgan fingerprint density at radius 2 is 1.72 bits per heavy atom. The Bertz CT molecular complexity index is 1340. The van der Waals surface area contributed by atoms with E-state index >= 15 is 0 Å². The lowest BCUT2D eigenvalue weighted by atomic mass is 9.70. The first-order valence-corrected chi connectivity index (χ1v) is 15.4. The van der Waals surface area contributed by atoms with Gasteiger partial charge in [-0.25, -0.2) is 13.4 Å². The minimum absolute atomic E-state index is 0.0410. The average molecular weight is 507 g/mol. The topological polar surface area (TPSA) is 67.2 Å². The van der Waals surface area contributed by atoms with Crippen molar-refractivity contribution < 1.29 is 8.42 Å². The minimum Gasteiger partial charge on any atom is -0.325 e. The van der Waals surface area contributed by atoms with Crippen LogP contribution in [0, 0.1) is 6.92 Å². The summed E-state index contributed by atoms with van der Waals surface area (Å²) in [5.74, 6) is 1.13. The predicted molar refractivity (Wildman–Crippen MR) is 144 cm³/mol. The zero-order valence-corrected chi connectivity index (χ0v) is 22.3. The maximum atomic E-state index is 12.3. The second-order valence-corrected chi connectivity index (χ2v) is 13.4. The van der Waals surface area contributed by atoms with E-state index in [1.54, 1.807) is 6.07 Å². The lowest BCUT2D eigenvalue weighted by molar-refractivity contribution is 0.0929. The molecule has 6 rings (SSSR count). The van der Waals surface area contributed by atoms with Gasteiger partial charge in [-0.05, 0) is 107 Å². The first-order valence-electron chi connectivity index (χ1n) is 13.5. The number of aryl methyl sites for hydroxylation is 1. The third kappa shape index (κ3) is 4.29. The standard InChI is InChI=1S/C29H38N4O2S/c1-21-31-27-8-3-4-9-28(27)33(21)25-19-23-10-11-24(20-25)32(23)17-14-29(12-15-30-16-13-29)22-6-5-7-26(18-22)36(2,34)35/h3-9,18,23-25,30H,10-17,19-20H2,1-2H3/t23-,24+,25?. The molecule has 0 amide bonds. The Morgan fingerprint density at radius 3 is 2.44 bits per heavy atom. The first kappa shape index (κ1) is 24.1. The third-order valence-corrected chi connectivity index (χ3v) is 10.4. The largest absolute Gasteiger partial charge is 0.325 e. The number of rotatable bonds is 6. The molecular formula is C29H38N4O2S. The normalized spacial score (nSPS) is 26.4. The van der Waals surface area contributed by atoms with Crippen LogP contribution in [0.2, 0.25) is 0 Å². The van der Waals surface area contributed by atoms with Gasteiger partial charge in [-0.2, -0.15) is 0 Å². The predicted octanol–water partition coefficient (Wildman–Crippen LogP) is 4.63. The smallest absolute Gasteiger partial charge is 0.175 e. The first-order chi connectivity index (χ1) is 17.3. The van der Waals surface area contributed by atoms with Gasteiger partial charge in [-0.3, -0.25) is 4.90 Å². The number of aromatic nitrogens is 2. The van der Waals surface area contributed by atoms with Gasteiger partial charge in [0.1, 0.15) is 5.82 Å². The van der Waals surface area contributed by atoms with Crippen LogP contribution in [0.5, 0.6) is 0 Å². The van der Waals surface area contributed by atoms with E-state index in [9.17, 15) is 8.42 Å². The van der Waals surface area contributed by atoms with Crippen molar-refractivity contribution in [3.63, 3.8) is 0 Å². The molecule has 1 unspecified atom stereocenters. The summed E-state index contributed by atoms with van der Waals surface area (Å²) >= 11 is 0. The molecule has 7 heteroatoms. The Balaban J connectivity index is 1.22. The van der Waals surface area contributed by atoms with Gasteiger partial charge in [0.05, 0.1) is 15.9 Å². The molecule has 6 nitrogen and oxygen atoms in total. The summed E-state index contributed by atoms with van der Waals surface area (Å²) in [6.07, 6.45) is 9.47. The van der Waals surface area contributed by atoms with E-state index in [1.165, 1.54) is 43.0 Å². The summed E-state index contributed by atoms with van der Waals surface area (Å²) in [5, 5.41) is 3.52. The van der Waals surface area contributed by atoms with Crippen molar-refractivity contribution in [1.82, 2.24) is 19.8 Å². The fraction of sp³-hybridized carbons (Fsp3) is 0.552. The molecule has 2 aromatic carbocycles. The molecule has 1 N–H and O–H groups in total. The molecular weight excluding hydrogens is 468 g/mol. The Hall–Kier alpha value is -2.22. The van der Waals surface area contributed by atoms with Crippen LogP contribution >= 0.6 is 0 Å². The van der Waals surface area contributed by atoms with E-state index in [4.69, 9.17) is 4.98 Å². The van der Waals surface area contributed by atoms with Gasteiger partial charge < -0.3 is 9.88 Å². The van der Waals surface area contributed by atoms with E-state index in [-0.39, 0.29) is 5.41 Å². The highest BCUT2D eigenvalue weighted by molar-refractivity contribution is 7.90. The molecule has 0 spiro atoms. The number of nitrogens with one attached hydrogen (secondary N) is 1. The molecule has 4 heterocycles. The molecule has 3 aliphatic heterocycles. The van der Waals surface area contributed by atoms with Crippen LogP contribution < -0.4 is 5.32 Å². The molecule has 0 aliphatic carbocycles. The van der Waals surface area contributed by atoms with Crippen LogP contribution in [0.25, 0.3) is 11.0 Å². The van der Waals surface area contributed by atoms with Gasteiger partial charge in [0, 0.05) is 24.4 Å². The number of nitrogens with zero attached hydrogens (tertiary/aromatic N) is 3.